The molecule has 0 bridgehead atoms. The molecule has 0 aliphatic carbocycles. The second-order valence-corrected chi connectivity index (χ2v) is 3.49. The fourth-order valence-corrected chi connectivity index (χ4v) is 1.57. The summed E-state index contributed by atoms with van der Waals surface area (Å²) in [5.41, 5.74) is 0.558. The van der Waals surface area contributed by atoms with Crippen LogP contribution in [0.1, 0.15) is 5.56 Å². The lowest BCUT2D eigenvalue weighted by atomic mass is 10.2. The first-order valence-electron chi connectivity index (χ1n) is 3.31. The number of rotatable bonds is 2. The van der Waals surface area contributed by atoms with E-state index >= 15 is 0 Å². The van der Waals surface area contributed by atoms with E-state index in [9.17, 15) is 4.39 Å². The Morgan fingerprint density at radius 1 is 1.58 bits per heavy atom. The van der Waals surface area contributed by atoms with Gasteiger partial charge in [0.2, 0.25) is 0 Å². The third-order valence-corrected chi connectivity index (χ3v) is 2.60. The summed E-state index contributed by atoms with van der Waals surface area (Å²) in [6.07, 6.45) is 1.77. The standard InChI is InChI=1S/C8H8ClFOS/c1-12-8-2-5(4-11)6(9)3-7(8)10/h2-3,11H,4H2,1H3. The Hall–Kier alpha value is -0.250. The van der Waals surface area contributed by atoms with E-state index in [2.05, 4.69) is 0 Å². The van der Waals surface area contributed by atoms with Gasteiger partial charge in [-0.1, -0.05) is 11.6 Å². The molecule has 1 aromatic rings. The summed E-state index contributed by atoms with van der Waals surface area (Å²) in [5, 5.41) is 9.08. The summed E-state index contributed by atoms with van der Waals surface area (Å²) in [5.74, 6) is -0.343. The second kappa shape index (κ2) is 4.12. The Morgan fingerprint density at radius 2 is 2.25 bits per heavy atom. The van der Waals surface area contributed by atoms with Gasteiger partial charge in [-0.2, -0.15) is 0 Å². The van der Waals surface area contributed by atoms with Crippen molar-refractivity contribution in [2.75, 3.05) is 6.26 Å². The van der Waals surface area contributed by atoms with Crippen LogP contribution < -0.4 is 0 Å². The van der Waals surface area contributed by atoms with Gasteiger partial charge in [0.1, 0.15) is 5.82 Å². The molecule has 0 spiro atoms. The van der Waals surface area contributed by atoms with E-state index in [0.717, 1.165) is 0 Å². The van der Waals surface area contributed by atoms with E-state index in [4.69, 9.17) is 16.7 Å². The largest absolute Gasteiger partial charge is 0.392 e. The van der Waals surface area contributed by atoms with Gasteiger partial charge in [0, 0.05) is 9.92 Å². The second-order valence-electron chi connectivity index (χ2n) is 2.24. The predicted octanol–water partition coefficient (Wildman–Crippen LogP) is 2.69. The predicted molar refractivity (Wildman–Crippen MR) is 49.1 cm³/mol. The maximum atomic E-state index is 13.0. The molecule has 1 nitrogen and oxygen atoms in total. The molecule has 4 heteroatoms. The third kappa shape index (κ3) is 1.91. The van der Waals surface area contributed by atoms with Crippen molar-refractivity contribution in [2.24, 2.45) is 0 Å². The van der Waals surface area contributed by atoms with Gasteiger partial charge in [-0.15, -0.1) is 11.8 Å². The van der Waals surface area contributed by atoms with Crippen molar-refractivity contribution in [3.63, 3.8) is 0 Å². The molecule has 12 heavy (non-hydrogen) atoms. The van der Waals surface area contributed by atoms with Crippen LogP contribution >= 0.6 is 23.4 Å². The summed E-state index contributed by atoms with van der Waals surface area (Å²) >= 11 is 6.94. The van der Waals surface area contributed by atoms with Gasteiger partial charge in [-0.05, 0) is 24.0 Å². The number of hydrogen-bond acceptors (Lipinski definition) is 2. The minimum absolute atomic E-state index is 0.160. The fourth-order valence-electron chi connectivity index (χ4n) is 0.849. The number of halogens is 2. The topological polar surface area (TPSA) is 20.2 Å². The van der Waals surface area contributed by atoms with Gasteiger partial charge in [0.15, 0.2) is 0 Å². The van der Waals surface area contributed by atoms with Crippen molar-refractivity contribution < 1.29 is 9.50 Å². The van der Waals surface area contributed by atoms with Crippen LogP contribution in [0.25, 0.3) is 0 Å². The van der Waals surface area contributed by atoms with E-state index in [1.165, 1.54) is 17.8 Å². The minimum atomic E-state index is -0.343. The van der Waals surface area contributed by atoms with Gasteiger partial charge in [0.25, 0.3) is 0 Å². The molecule has 1 N–H and O–H groups in total. The van der Waals surface area contributed by atoms with Crippen LogP contribution in [0, 0.1) is 5.82 Å². The molecule has 0 aliphatic rings. The molecule has 66 valence electrons. The number of benzene rings is 1. The van der Waals surface area contributed by atoms with Crippen molar-refractivity contribution in [2.45, 2.75) is 11.5 Å². The van der Waals surface area contributed by atoms with Crippen molar-refractivity contribution in [3.05, 3.63) is 28.5 Å². The van der Waals surface area contributed by atoms with Gasteiger partial charge < -0.3 is 5.11 Å². The molecule has 0 atom stereocenters. The van der Waals surface area contributed by atoms with E-state index in [1.807, 2.05) is 0 Å². The van der Waals surface area contributed by atoms with Gasteiger partial charge >= 0.3 is 0 Å². The monoisotopic (exact) mass is 206 g/mol. The quantitative estimate of drug-likeness (QED) is 0.751. The molecule has 0 fully saturated rings. The number of hydrogen-bond donors (Lipinski definition) is 1. The van der Waals surface area contributed by atoms with Crippen molar-refractivity contribution >= 4 is 23.4 Å². The zero-order valence-corrected chi connectivity index (χ0v) is 8.05. The summed E-state index contributed by atoms with van der Waals surface area (Å²) in [7, 11) is 0. The molecule has 0 saturated heterocycles. The Kier molecular flexibility index (Phi) is 3.38. The molecular formula is C8H8ClFOS. The van der Waals surface area contributed by atoms with Crippen molar-refractivity contribution in [3.8, 4) is 0 Å². The first-order chi connectivity index (χ1) is 5.69. The molecule has 1 rings (SSSR count). The molecule has 0 saturated carbocycles. The van der Waals surface area contributed by atoms with Gasteiger partial charge in [-0.25, -0.2) is 4.39 Å². The van der Waals surface area contributed by atoms with Crippen LogP contribution in [0.3, 0.4) is 0 Å². The Bertz CT molecular complexity index is 265. The van der Waals surface area contributed by atoms with Crippen LogP contribution in [0.5, 0.6) is 0 Å². The summed E-state index contributed by atoms with van der Waals surface area (Å²) in [4.78, 5) is 0.503. The first kappa shape index (κ1) is 9.84. The minimum Gasteiger partial charge on any atom is -0.392 e. The molecule has 0 radical (unpaired) electrons. The maximum absolute atomic E-state index is 13.0. The Labute approximate surface area is 79.5 Å². The normalized spacial score (nSPS) is 10.3. The van der Waals surface area contributed by atoms with Crippen LogP contribution in [-0.4, -0.2) is 11.4 Å². The lowest BCUT2D eigenvalue weighted by Crippen LogP contribution is -1.89. The van der Waals surface area contributed by atoms with Crippen LogP contribution in [0.15, 0.2) is 17.0 Å². The molecule has 0 aromatic heterocycles. The van der Waals surface area contributed by atoms with Gasteiger partial charge in [0.05, 0.1) is 6.61 Å². The highest BCUT2D eigenvalue weighted by molar-refractivity contribution is 7.98. The summed E-state index contributed by atoms with van der Waals surface area (Å²) < 4.78 is 13.0. The highest BCUT2D eigenvalue weighted by Crippen LogP contribution is 2.26. The molecule has 0 heterocycles. The van der Waals surface area contributed by atoms with Crippen molar-refractivity contribution in [1.29, 1.82) is 0 Å². The van der Waals surface area contributed by atoms with E-state index in [-0.39, 0.29) is 17.4 Å². The average Bonchev–Trinajstić information content (AvgIpc) is 2.05. The first-order valence-corrected chi connectivity index (χ1v) is 4.92. The fraction of sp³-hybridized carbons (Fsp3) is 0.250. The SMILES string of the molecule is CSc1cc(CO)c(Cl)cc1F. The Morgan fingerprint density at radius 3 is 2.75 bits per heavy atom. The number of thioether (sulfide) groups is 1. The van der Waals surface area contributed by atoms with Crippen LogP contribution in [0.4, 0.5) is 4.39 Å². The smallest absolute Gasteiger partial charge is 0.138 e. The van der Waals surface area contributed by atoms with E-state index < -0.39 is 0 Å². The third-order valence-electron chi connectivity index (χ3n) is 1.49. The van der Waals surface area contributed by atoms with Crippen LogP contribution in [0.2, 0.25) is 5.02 Å². The summed E-state index contributed by atoms with van der Waals surface area (Å²) in [6, 6.07) is 2.78. The van der Waals surface area contributed by atoms with Gasteiger partial charge in [-0.3, -0.25) is 0 Å². The van der Waals surface area contributed by atoms with E-state index in [1.54, 1.807) is 12.3 Å². The van der Waals surface area contributed by atoms with Crippen molar-refractivity contribution in [1.82, 2.24) is 0 Å². The summed E-state index contributed by atoms with van der Waals surface area (Å²) in [6.45, 7) is -0.160. The molecule has 0 unspecified atom stereocenters. The number of aliphatic hydroxyl groups excluding tert-OH is 1. The zero-order chi connectivity index (χ0) is 9.14. The number of aliphatic hydroxyl groups is 1. The lowest BCUT2D eigenvalue weighted by molar-refractivity contribution is 0.281. The molecule has 1 aromatic carbocycles. The molecule has 0 aliphatic heterocycles. The average molecular weight is 207 g/mol. The maximum Gasteiger partial charge on any atom is 0.138 e. The molecular weight excluding hydrogens is 199 g/mol. The highest BCUT2D eigenvalue weighted by atomic mass is 35.5. The molecule has 0 amide bonds. The Balaban J connectivity index is 3.18. The highest BCUT2D eigenvalue weighted by Gasteiger charge is 2.06. The van der Waals surface area contributed by atoms with E-state index in [0.29, 0.717) is 10.5 Å². The lowest BCUT2D eigenvalue weighted by Gasteiger charge is -2.04. The van der Waals surface area contributed by atoms with Crippen LogP contribution in [-0.2, 0) is 6.61 Å². The zero-order valence-electron chi connectivity index (χ0n) is 6.47.